The van der Waals surface area contributed by atoms with E-state index in [1.165, 1.54) is 16.4 Å². The molecule has 8 nitrogen and oxygen atoms in total. The molecule has 11 heteroatoms. The summed E-state index contributed by atoms with van der Waals surface area (Å²) in [6.07, 6.45) is 1.76. The van der Waals surface area contributed by atoms with E-state index in [-0.39, 0.29) is 15.9 Å². The van der Waals surface area contributed by atoms with Gasteiger partial charge in [0.2, 0.25) is 10.0 Å². The van der Waals surface area contributed by atoms with E-state index in [4.69, 9.17) is 21.7 Å². The van der Waals surface area contributed by atoms with Crippen molar-refractivity contribution in [2.75, 3.05) is 38.7 Å². The smallest absolute Gasteiger partial charge is 0.257 e. The molecule has 1 aliphatic heterocycles. The Kier molecular flexibility index (Phi) is 8.60. The molecule has 2 aromatic rings. The van der Waals surface area contributed by atoms with Gasteiger partial charge in [0.1, 0.15) is 12.4 Å². The molecule has 1 fully saturated rings. The Bertz CT molecular complexity index is 1070. The van der Waals surface area contributed by atoms with Crippen LogP contribution in [0.3, 0.4) is 0 Å². The first kappa shape index (κ1) is 24.6. The van der Waals surface area contributed by atoms with E-state index in [1.54, 1.807) is 37.4 Å². The summed E-state index contributed by atoms with van der Waals surface area (Å²) in [5.41, 5.74) is 0.964. The SMILES string of the molecule is COCCOc1ccc(C(=O)NC(=S)Nc2ccc(S(=O)(=O)N3CCCC3)cc2)cc1Br. The lowest BCUT2D eigenvalue weighted by atomic mass is 10.2. The van der Waals surface area contributed by atoms with Crippen LogP contribution in [0, 0.1) is 0 Å². The largest absolute Gasteiger partial charge is 0.490 e. The van der Waals surface area contributed by atoms with Crippen LogP contribution in [-0.2, 0) is 14.8 Å². The summed E-state index contributed by atoms with van der Waals surface area (Å²) < 4.78 is 37.8. The number of nitrogens with zero attached hydrogens (tertiary/aromatic N) is 1. The van der Waals surface area contributed by atoms with Crippen molar-refractivity contribution in [3.05, 3.63) is 52.5 Å². The highest BCUT2D eigenvalue weighted by molar-refractivity contribution is 9.10. The second-order valence-electron chi connectivity index (χ2n) is 7.03. The molecule has 0 unspecified atom stereocenters. The van der Waals surface area contributed by atoms with E-state index in [9.17, 15) is 13.2 Å². The highest BCUT2D eigenvalue weighted by Crippen LogP contribution is 2.26. The Labute approximate surface area is 201 Å². The van der Waals surface area contributed by atoms with Gasteiger partial charge in [-0.2, -0.15) is 4.31 Å². The molecule has 0 bridgehead atoms. The van der Waals surface area contributed by atoms with Crippen LogP contribution in [0.4, 0.5) is 5.69 Å². The highest BCUT2D eigenvalue weighted by atomic mass is 79.9. The zero-order chi connectivity index (χ0) is 23.1. The fraction of sp³-hybridized carbons (Fsp3) is 0.333. The van der Waals surface area contributed by atoms with Crippen LogP contribution in [0.1, 0.15) is 23.2 Å². The average Bonchev–Trinajstić information content (AvgIpc) is 3.31. The molecule has 32 heavy (non-hydrogen) atoms. The van der Waals surface area contributed by atoms with Gasteiger partial charge in [0.15, 0.2) is 5.11 Å². The quantitative estimate of drug-likeness (QED) is 0.390. The molecule has 0 aromatic heterocycles. The Balaban J connectivity index is 1.57. The number of benzene rings is 2. The summed E-state index contributed by atoms with van der Waals surface area (Å²) in [7, 11) is -1.88. The van der Waals surface area contributed by atoms with Crippen molar-refractivity contribution in [1.82, 2.24) is 9.62 Å². The van der Waals surface area contributed by atoms with Crippen LogP contribution in [0.15, 0.2) is 51.8 Å². The van der Waals surface area contributed by atoms with Gasteiger partial charge in [0.25, 0.3) is 5.91 Å². The molecule has 0 atom stereocenters. The van der Waals surface area contributed by atoms with E-state index < -0.39 is 10.0 Å². The van der Waals surface area contributed by atoms with Gasteiger partial charge in [0.05, 0.1) is 16.0 Å². The van der Waals surface area contributed by atoms with Gasteiger partial charge in [0, 0.05) is 31.5 Å². The third-order valence-corrected chi connectivity index (χ3v) is 7.52. The molecule has 2 N–H and O–H groups in total. The van der Waals surface area contributed by atoms with Gasteiger partial charge < -0.3 is 14.8 Å². The number of nitrogens with one attached hydrogen (secondary N) is 2. The lowest BCUT2D eigenvalue weighted by Gasteiger charge is -2.16. The molecule has 1 heterocycles. The number of amides is 1. The topological polar surface area (TPSA) is 97.0 Å². The first-order valence-electron chi connectivity index (χ1n) is 9.95. The molecule has 172 valence electrons. The van der Waals surface area contributed by atoms with Gasteiger partial charge in [-0.25, -0.2) is 8.42 Å². The molecule has 1 saturated heterocycles. The minimum atomic E-state index is -3.47. The number of sulfonamides is 1. The molecule has 0 radical (unpaired) electrons. The van der Waals surface area contributed by atoms with E-state index >= 15 is 0 Å². The van der Waals surface area contributed by atoms with E-state index in [1.807, 2.05) is 0 Å². The van der Waals surface area contributed by atoms with Gasteiger partial charge in [-0.05, 0) is 83.5 Å². The monoisotopic (exact) mass is 541 g/mol. The number of carbonyl (C=O) groups is 1. The first-order valence-corrected chi connectivity index (χ1v) is 12.6. The number of thiocarbonyl (C=S) groups is 1. The fourth-order valence-corrected chi connectivity index (χ4v) is 5.34. The number of anilines is 1. The van der Waals surface area contributed by atoms with Crippen LogP contribution in [0.5, 0.6) is 5.75 Å². The van der Waals surface area contributed by atoms with Crippen LogP contribution in [0.2, 0.25) is 0 Å². The molecule has 1 aliphatic rings. The summed E-state index contributed by atoms with van der Waals surface area (Å²) in [4.78, 5) is 12.7. The maximum absolute atomic E-state index is 12.6. The highest BCUT2D eigenvalue weighted by Gasteiger charge is 2.26. The molecular weight excluding hydrogens is 518 g/mol. The third-order valence-electron chi connectivity index (χ3n) is 4.78. The van der Waals surface area contributed by atoms with Crippen molar-refractivity contribution in [3.8, 4) is 5.75 Å². The normalized spacial score (nSPS) is 14.2. The van der Waals surface area contributed by atoms with Crippen LogP contribution >= 0.6 is 28.1 Å². The zero-order valence-electron chi connectivity index (χ0n) is 17.5. The maximum Gasteiger partial charge on any atom is 0.257 e. The minimum Gasteiger partial charge on any atom is -0.490 e. The van der Waals surface area contributed by atoms with Crippen molar-refractivity contribution in [2.24, 2.45) is 0 Å². The third kappa shape index (κ3) is 6.26. The summed E-state index contributed by atoms with van der Waals surface area (Å²) >= 11 is 8.60. The molecule has 0 spiro atoms. The Morgan fingerprint density at radius 3 is 2.44 bits per heavy atom. The van der Waals surface area contributed by atoms with Gasteiger partial charge in [-0.1, -0.05) is 0 Å². The van der Waals surface area contributed by atoms with Gasteiger partial charge in [-0.3, -0.25) is 10.1 Å². The fourth-order valence-electron chi connectivity index (χ4n) is 3.12. The van der Waals surface area contributed by atoms with Crippen molar-refractivity contribution in [3.63, 3.8) is 0 Å². The lowest BCUT2D eigenvalue weighted by Crippen LogP contribution is -2.34. The van der Waals surface area contributed by atoms with Crippen molar-refractivity contribution < 1.29 is 22.7 Å². The maximum atomic E-state index is 12.6. The van der Waals surface area contributed by atoms with Crippen LogP contribution in [-0.4, -0.2) is 57.2 Å². The molecule has 2 aromatic carbocycles. The molecule has 1 amide bonds. The second kappa shape index (κ2) is 11.2. The second-order valence-corrected chi connectivity index (χ2v) is 10.2. The average molecular weight is 542 g/mol. The predicted octanol–water partition coefficient (Wildman–Crippen LogP) is 3.39. The van der Waals surface area contributed by atoms with E-state index in [0.717, 1.165) is 12.8 Å². The molecule has 0 saturated carbocycles. The summed E-state index contributed by atoms with van der Waals surface area (Å²) in [5.74, 6) is 0.211. The Hall–Kier alpha value is -2.05. The number of hydrogen-bond donors (Lipinski definition) is 2. The summed E-state index contributed by atoms with van der Waals surface area (Å²) in [6.45, 7) is 1.95. The number of methoxy groups -OCH3 is 1. The van der Waals surface area contributed by atoms with Crippen molar-refractivity contribution >= 4 is 54.9 Å². The number of carbonyl (C=O) groups excluding carboxylic acids is 1. The van der Waals surface area contributed by atoms with Crippen molar-refractivity contribution in [1.29, 1.82) is 0 Å². The molecule has 3 rings (SSSR count). The molecular formula is C21H24BrN3O5S2. The number of ether oxygens (including phenoxy) is 2. The van der Waals surface area contributed by atoms with Gasteiger partial charge >= 0.3 is 0 Å². The van der Waals surface area contributed by atoms with Crippen LogP contribution < -0.4 is 15.4 Å². The van der Waals surface area contributed by atoms with E-state index in [2.05, 4.69) is 26.6 Å². The predicted molar refractivity (Wildman–Crippen MR) is 130 cm³/mol. The van der Waals surface area contributed by atoms with Crippen LogP contribution in [0.25, 0.3) is 0 Å². The Morgan fingerprint density at radius 2 is 1.81 bits per heavy atom. The minimum absolute atomic E-state index is 0.0988. The van der Waals surface area contributed by atoms with Gasteiger partial charge in [-0.15, -0.1) is 0 Å². The zero-order valence-corrected chi connectivity index (χ0v) is 20.7. The summed E-state index contributed by atoms with van der Waals surface area (Å²) in [6, 6.07) is 11.2. The van der Waals surface area contributed by atoms with E-state index in [0.29, 0.717) is 47.8 Å². The molecule has 0 aliphatic carbocycles. The summed E-state index contributed by atoms with van der Waals surface area (Å²) in [5, 5.41) is 5.60. The number of rotatable bonds is 8. The first-order chi connectivity index (χ1) is 15.3. The standard InChI is InChI=1S/C21H24BrN3O5S2/c1-29-12-13-30-19-9-4-15(14-18(19)22)20(26)24-21(31)23-16-5-7-17(8-6-16)32(27,28)25-10-2-3-11-25/h4-9,14H,2-3,10-13H2,1H3,(H2,23,24,26,31). The lowest BCUT2D eigenvalue weighted by molar-refractivity contribution is 0.0977. The number of halogens is 1. The Morgan fingerprint density at radius 1 is 1.12 bits per heavy atom. The number of hydrogen-bond acceptors (Lipinski definition) is 6. The van der Waals surface area contributed by atoms with Crippen molar-refractivity contribution in [2.45, 2.75) is 17.7 Å².